The Hall–Kier alpha value is -1.62. The third kappa shape index (κ3) is 3.20. The molecule has 16 heavy (non-hydrogen) atoms. The van der Waals surface area contributed by atoms with Crippen LogP contribution in [0.1, 0.15) is 23.7 Å². The second kappa shape index (κ2) is 6.07. The summed E-state index contributed by atoms with van der Waals surface area (Å²) in [6, 6.07) is 2.92. The molecule has 0 radical (unpaired) electrons. The van der Waals surface area contributed by atoms with Crippen molar-refractivity contribution in [1.29, 1.82) is 0 Å². The summed E-state index contributed by atoms with van der Waals surface area (Å²) in [5.74, 6) is -0.123. The van der Waals surface area contributed by atoms with Crippen molar-refractivity contribution in [2.45, 2.75) is 13.3 Å². The van der Waals surface area contributed by atoms with E-state index in [-0.39, 0.29) is 11.5 Å². The molecule has 5 heteroatoms. The minimum atomic E-state index is -0.263. The highest BCUT2D eigenvalue weighted by atomic mass is 16.2. The molecular formula is C11H17N3O2. The second-order valence-corrected chi connectivity index (χ2v) is 3.47. The van der Waals surface area contributed by atoms with Gasteiger partial charge in [-0.2, -0.15) is 0 Å². The molecule has 88 valence electrons. The molecule has 0 bridgehead atoms. The van der Waals surface area contributed by atoms with Crippen molar-refractivity contribution in [3.05, 3.63) is 34.2 Å². The van der Waals surface area contributed by atoms with E-state index >= 15 is 0 Å². The summed E-state index contributed by atoms with van der Waals surface area (Å²) in [7, 11) is 0. The Morgan fingerprint density at radius 1 is 1.56 bits per heavy atom. The first-order valence-corrected chi connectivity index (χ1v) is 5.37. The minimum absolute atomic E-state index is 0.123. The molecule has 0 aliphatic carbocycles. The largest absolute Gasteiger partial charge is 0.339 e. The lowest BCUT2D eigenvalue weighted by Gasteiger charge is -2.20. The zero-order valence-electron chi connectivity index (χ0n) is 9.40. The van der Waals surface area contributed by atoms with Crippen LogP contribution in [0.5, 0.6) is 0 Å². The summed E-state index contributed by atoms with van der Waals surface area (Å²) in [5.41, 5.74) is 5.56. The van der Waals surface area contributed by atoms with Crippen LogP contribution < -0.4 is 11.3 Å². The molecule has 0 saturated carbocycles. The van der Waals surface area contributed by atoms with Crippen molar-refractivity contribution in [1.82, 2.24) is 9.88 Å². The summed E-state index contributed by atoms with van der Waals surface area (Å²) in [6.45, 7) is 3.70. The lowest BCUT2D eigenvalue weighted by molar-refractivity contribution is 0.0763. The van der Waals surface area contributed by atoms with Crippen LogP contribution in [0.2, 0.25) is 0 Å². The zero-order chi connectivity index (χ0) is 12.0. The van der Waals surface area contributed by atoms with E-state index in [0.717, 1.165) is 6.42 Å². The fourth-order valence-corrected chi connectivity index (χ4v) is 1.45. The number of carbonyl (C=O) groups is 1. The second-order valence-electron chi connectivity index (χ2n) is 3.47. The number of hydrogen-bond donors (Lipinski definition) is 2. The van der Waals surface area contributed by atoms with E-state index in [1.807, 2.05) is 6.92 Å². The molecule has 0 aromatic carbocycles. The molecule has 1 heterocycles. The van der Waals surface area contributed by atoms with Gasteiger partial charge in [0.2, 0.25) is 5.56 Å². The number of amides is 1. The van der Waals surface area contributed by atoms with E-state index < -0.39 is 0 Å². The average molecular weight is 223 g/mol. The number of hydrogen-bond acceptors (Lipinski definition) is 3. The van der Waals surface area contributed by atoms with Gasteiger partial charge in [0.1, 0.15) is 0 Å². The first-order chi connectivity index (χ1) is 7.69. The number of nitrogens with zero attached hydrogens (tertiary/aromatic N) is 1. The van der Waals surface area contributed by atoms with Crippen molar-refractivity contribution >= 4 is 5.91 Å². The SMILES string of the molecule is CCN(CCCN)C(=O)c1cc[nH]c(=O)c1. The van der Waals surface area contributed by atoms with Crippen molar-refractivity contribution in [2.24, 2.45) is 5.73 Å². The van der Waals surface area contributed by atoms with E-state index in [1.165, 1.54) is 12.3 Å². The zero-order valence-corrected chi connectivity index (χ0v) is 9.40. The van der Waals surface area contributed by atoms with Gasteiger partial charge in [-0.25, -0.2) is 0 Å². The third-order valence-electron chi connectivity index (χ3n) is 2.32. The van der Waals surface area contributed by atoms with Crippen LogP contribution in [0.3, 0.4) is 0 Å². The molecule has 1 aromatic rings. The topological polar surface area (TPSA) is 79.2 Å². The van der Waals surface area contributed by atoms with Gasteiger partial charge in [0.25, 0.3) is 5.91 Å². The smallest absolute Gasteiger partial charge is 0.254 e. The molecule has 0 aliphatic heterocycles. The molecule has 0 unspecified atom stereocenters. The molecule has 1 rings (SSSR count). The van der Waals surface area contributed by atoms with Gasteiger partial charge >= 0.3 is 0 Å². The van der Waals surface area contributed by atoms with Gasteiger partial charge in [0.05, 0.1) is 0 Å². The number of nitrogens with one attached hydrogen (secondary N) is 1. The van der Waals surface area contributed by atoms with Crippen LogP contribution in [0.4, 0.5) is 0 Å². The van der Waals surface area contributed by atoms with E-state index in [9.17, 15) is 9.59 Å². The molecule has 0 atom stereocenters. The Kier molecular flexibility index (Phi) is 4.72. The van der Waals surface area contributed by atoms with Gasteiger partial charge in [0.15, 0.2) is 0 Å². The third-order valence-corrected chi connectivity index (χ3v) is 2.32. The number of nitrogens with two attached hydrogens (primary N) is 1. The van der Waals surface area contributed by atoms with Crippen LogP contribution in [-0.4, -0.2) is 35.4 Å². The summed E-state index contributed by atoms with van der Waals surface area (Å²) >= 11 is 0. The predicted molar refractivity (Wildman–Crippen MR) is 62.3 cm³/mol. The van der Waals surface area contributed by atoms with E-state index in [4.69, 9.17) is 5.73 Å². The van der Waals surface area contributed by atoms with Gasteiger partial charge < -0.3 is 15.6 Å². The fraction of sp³-hybridized carbons (Fsp3) is 0.455. The molecule has 1 aromatic heterocycles. The number of H-pyrrole nitrogens is 1. The number of rotatable bonds is 5. The van der Waals surface area contributed by atoms with Gasteiger partial charge in [-0.3, -0.25) is 9.59 Å². The highest BCUT2D eigenvalue weighted by Crippen LogP contribution is 2.02. The number of carbonyl (C=O) groups excluding carboxylic acids is 1. The molecule has 3 N–H and O–H groups in total. The first-order valence-electron chi connectivity index (χ1n) is 5.37. The molecular weight excluding hydrogens is 206 g/mol. The Morgan fingerprint density at radius 2 is 2.31 bits per heavy atom. The van der Waals surface area contributed by atoms with Crippen LogP contribution in [0.25, 0.3) is 0 Å². The van der Waals surface area contributed by atoms with Gasteiger partial charge in [-0.05, 0) is 26.0 Å². The van der Waals surface area contributed by atoms with Crippen LogP contribution in [-0.2, 0) is 0 Å². The van der Waals surface area contributed by atoms with Crippen molar-refractivity contribution < 1.29 is 4.79 Å². The Bertz CT molecular complexity index is 400. The lowest BCUT2D eigenvalue weighted by atomic mass is 10.2. The Labute approximate surface area is 94.3 Å². The van der Waals surface area contributed by atoms with E-state index in [0.29, 0.717) is 25.2 Å². The van der Waals surface area contributed by atoms with Crippen molar-refractivity contribution in [3.63, 3.8) is 0 Å². The van der Waals surface area contributed by atoms with E-state index in [1.54, 1.807) is 11.0 Å². The maximum absolute atomic E-state index is 12.0. The maximum Gasteiger partial charge on any atom is 0.254 e. The van der Waals surface area contributed by atoms with Crippen LogP contribution in [0.15, 0.2) is 23.1 Å². The fourth-order valence-electron chi connectivity index (χ4n) is 1.45. The molecule has 0 aliphatic rings. The lowest BCUT2D eigenvalue weighted by Crippen LogP contribution is -2.33. The quantitative estimate of drug-likeness (QED) is 0.747. The number of pyridine rings is 1. The molecule has 0 spiro atoms. The Morgan fingerprint density at radius 3 is 2.88 bits per heavy atom. The standard InChI is InChI=1S/C11H17N3O2/c1-2-14(7-3-5-12)11(16)9-4-6-13-10(15)8-9/h4,6,8H,2-3,5,7,12H2,1H3,(H,13,15). The molecule has 0 saturated heterocycles. The summed E-state index contributed by atoms with van der Waals surface area (Å²) in [4.78, 5) is 27.2. The summed E-state index contributed by atoms with van der Waals surface area (Å²) < 4.78 is 0. The highest BCUT2D eigenvalue weighted by Gasteiger charge is 2.13. The monoisotopic (exact) mass is 223 g/mol. The average Bonchev–Trinajstić information content (AvgIpc) is 2.29. The van der Waals surface area contributed by atoms with Crippen molar-refractivity contribution in [3.8, 4) is 0 Å². The van der Waals surface area contributed by atoms with Gasteiger partial charge in [-0.15, -0.1) is 0 Å². The van der Waals surface area contributed by atoms with Crippen LogP contribution in [0, 0.1) is 0 Å². The first kappa shape index (κ1) is 12.4. The maximum atomic E-state index is 12.0. The summed E-state index contributed by atoms with van der Waals surface area (Å²) in [5, 5.41) is 0. The normalized spacial score (nSPS) is 10.1. The van der Waals surface area contributed by atoms with Crippen molar-refractivity contribution in [2.75, 3.05) is 19.6 Å². The van der Waals surface area contributed by atoms with Crippen LogP contribution >= 0.6 is 0 Å². The number of aromatic amines is 1. The molecule has 0 fully saturated rings. The van der Waals surface area contributed by atoms with Gasteiger partial charge in [0, 0.05) is 30.9 Å². The molecule has 1 amide bonds. The van der Waals surface area contributed by atoms with Gasteiger partial charge in [-0.1, -0.05) is 0 Å². The number of aromatic nitrogens is 1. The highest BCUT2D eigenvalue weighted by molar-refractivity contribution is 5.94. The summed E-state index contributed by atoms with van der Waals surface area (Å²) in [6.07, 6.45) is 2.25. The predicted octanol–water partition coefficient (Wildman–Crippen LogP) is 0.186. The minimum Gasteiger partial charge on any atom is -0.339 e. The van der Waals surface area contributed by atoms with E-state index in [2.05, 4.69) is 4.98 Å². The molecule has 5 nitrogen and oxygen atoms in total. The Balaban J connectivity index is 2.78.